The third kappa shape index (κ3) is 3.36. The minimum absolute atomic E-state index is 0.0132. The first-order valence-electron chi connectivity index (χ1n) is 8.17. The van der Waals surface area contributed by atoms with Crippen molar-refractivity contribution in [3.8, 4) is 0 Å². The van der Waals surface area contributed by atoms with Crippen LogP contribution in [-0.2, 0) is 14.6 Å². The van der Waals surface area contributed by atoms with Gasteiger partial charge in [0, 0.05) is 18.5 Å². The number of nitrogens with zero attached hydrogens (tertiary/aromatic N) is 1. The summed E-state index contributed by atoms with van der Waals surface area (Å²) in [6.07, 6.45) is 1.10. The number of amides is 1. The number of carbonyl (C=O) groups is 1. The van der Waals surface area contributed by atoms with E-state index in [2.05, 4.69) is 5.32 Å². The summed E-state index contributed by atoms with van der Waals surface area (Å²) in [7, 11) is -3.68. The summed E-state index contributed by atoms with van der Waals surface area (Å²) < 4.78 is 25.1. The van der Waals surface area contributed by atoms with Crippen LogP contribution >= 0.6 is 0 Å². The van der Waals surface area contributed by atoms with Crippen LogP contribution in [-0.4, -0.2) is 38.8 Å². The van der Waals surface area contributed by atoms with Crippen molar-refractivity contribution in [1.82, 2.24) is 5.32 Å². The van der Waals surface area contributed by atoms with Gasteiger partial charge in [-0.15, -0.1) is 0 Å². The normalized spacial score (nSPS) is 17.7. The average molecular weight is 372 g/mol. The SMILES string of the molecule is CS(=O)(=O)C1=C(NCCO)C(=O)N(c2ccccc2)C1c1ccccc1. The minimum Gasteiger partial charge on any atom is -0.395 e. The van der Waals surface area contributed by atoms with E-state index >= 15 is 0 Å². The number of benzene rings is 2. The first kappa shape index (κ1) is 18.2. The molecule has 136 valence electrons. The largest absolute Gasteiger partial charge is 0.395 e. The lowest BCUT2D eigenvalue weighted by molar-refractivity contribution is -0.115. The lowest BCUT2D eigenvalue weighted by atomic mass is 10.1. The first-order valence-corrected chi connectivity index (χ1v) is 10.1. The predicted molar refractivity (Wildman–Crippen MR) is 100 cm³/mol. The van der Waals surface area contributed by atoms with Gasteiger partial charge in [0.15, 0.2) is 9.84 Å². The van der Waals surface area contributed by atoms with Gasteiger partial charge in [-0.2, -0.15) is 0 Å². The highest BCUT2D eigenvalue weighted by atomic mass is 32.2. The lowest BCUT2D eigenvalue weighted by Gasteiger charge is -2.27. The van der Waals surface area contributed by atoms with E-state index in [1.54, 1.807) is 36.4 Å². The van der Waals surface area contributed by atoms with E-state index in [-0.39, 0.29) is 23.8 Å². The van der Waals surface area contributed by atoms with E-state index in [9.17, 15) is 13.2 Å². The molecule has 0 bridgehead atoms. The lowest BCUT2D eigenvalue weighted by Crippen LogP contribution is -2.33. The summed E-state index contributed by atoms with van der Waals surface area (Å²) in [4.78, 5) is 14.6. The number of para-hydroxylation sites is 1. The van der Waals surface area contributed by atoms with Crippen LogP contribution in [0.15, 0.2) is 71.3 Å². The van der Waals surface area contributed by atoms with Crippen LogP contribution in [0.5, 0.6) is 0 Å². The standard InChI is InChI=1S/C19H20N2O4S/c1-26(24,25)18-16(20-12-13-22)19(23)21(15-10-6-3-7-11-15)17(18)14-8-4-2-5-9-14/h2-11,17,20,22H,12-13H2,1H3. The number of rotatable bonds is 6. The van der Waals surface area contributed by atoms with Gasteiger partial charge in [-0.3, -0.25) is 9.69 Å². The smallest absolute Gasteiger partial charge is 0.276 e. The fourth-order valence-corrected chi connectivity index (χ4v) is 4.30. The van der Waals surface area contributed by atoms with Crippen molar-refractivity contribution in [3.63, 3.8) is 0 Å². The summed E-state index contributed by atoms with van der Waals surface area (Å²) in [5, 5.41) is 11.9. The zero-order chi connectivity index (χ0) is 18.7. The van der Waals surface area contributed by atoms with Crippen molar-refractivity contribution in [2.24, 2.45) is 0 Å². The van der Waals surface area contributed by atoms with E-state index in [0.717, 1.165) is 6.26 Å². The molecule has 2 aromatic rings. The molecular formula is C19H20N2O4S. The van der Waals surface area contributed by atoms with Gasteiger partial charge in [0.2, 0.25) is 0 Å². The Morgan fingerprint density at radius 2 is 1.62 bits per heavy atom. The Morgan fingerprint density at radius 1 is 1.04 bits per heavy atom. The molecule has 0 spiro atoms. The molecule has 2 N–H and O–H groups in total. The molecule has 3 rings (SSSR count). The van der Waals surface area contributed by atoms with E-state index in [4.69, 9.17) is 5.11 Å². The molecule has 0 saturated heterocycles. The van der Waals surface area contributed by atoms with E-state index in [0.29, 0.717) is 11.3 Å². The molecule has 26 heavy (non-hydrogen) atoms. The fraction of sp³-hybridized carbons (Fsp3) is 0.211. The van der Waals surface area contributed by atoms with Crippen LogP contribution in [0.4, 0.5) is 5.69 Å². The number of aliphatic hydroxyl groups excluding tert-OH is 1. The molecule has 0 radical (unpaired) electrons. The van der Waals surface area contributed by atoms with Gasteiger partial charge < -0.3 is 10.4 Å². The van der Waals surface area contributed by atoms with Crippen molar-refractivity contribution in [3.05, 3.63) is 76.8 Å². The van der Waals surface area contributed by atoms with Crippen LogP contribution in [0.2, 0.25) is 0 Å². The maximum absolute atomic E-state index is 13.1. The Kier molecular flexibility index (Phi) is 5.11. The summed E-state index contributed by atoms with van der Waals surface area (Å²) >= 11 is 0. The molecule has 1 heterocycles. The monoisotopic (exact) mass is 372 g/mol. The molecule has 1 aliphatic rings. The topological polar surface area (TPSA) is 86.7 Å². The van der Waals surface area contributed by atoms with Crippen molar-refractivity contribution >= 4 is 21.4 Å². The average Bonchev–Trinajstić information content (AvgIpc) is 2.94. The van der Waals surface area contributed by atoms with Crippen LogP contribution in [0.3, 0.4) is 0 Å². The number of hydrogen-bond acceptors (Lipinski definition) is 5. The summed E-state index contributed by atoms with van der Waals surface area (Å²) in [6, 6.07) is 17.2. The molecule has 1 unspecified atom stereocenters. The van der Waals surface area contributed by atoms with Gasteiger partial charge in [-0.25, -0.2) is 8.42 Å². The van der Waals surface area contributed by atoms with Crippen molar-refractivity contribution in [2.45, 2.75) is 6.04 Å². The quantitative estimate of drug-likeness (QED) is 0.805. The summed E-state index contributed by atoms with van der Waals surface area (Å²) in [5.74, 6) is -0.432. The zero-order valence-corrected chi connectivity index (χ0v) is 15.1. The third-order valence-electron chi connectivity index (χ3n) is 4.15. The van der Waals surface area contributed by atoms with Gasteiger partial charge in [0.25, 0.3) is 5.91 Å². The molecule has 0 aliphatic carbocycles. The van der Waals surface area contributed by atoms with E-state index in [1.165, 1.54) is 4.90 Å². The second-order valence-electron chi connectivity index (χ2n) is 5.99. The number of carbonyl (C=O) groups excluding carboxylic acids is 1. The molecule has 6 nitrogen and oxygen atoms in total. The van der Waals surface area contributed by atoms with E-state index < -0.39 is 21.8 Å². The maximum atomic E-state index is 13.1. The number of sulfone groups is 1. The first-order chi connectivity index (χ1) is 12.4. The van der Waals surface area contributed by atoms with Crippen molar-refractivity contribution in [2.75, 3.05) is 24.3 Å². The highest BCUT2D eigenvalue weighted by molar-refractivity contribution is 7.94. The van der Waals surface area contributed by atoms with Gasteiger partial charge in [-0.1, -0.05) is 48.5 Å². The Labute approximate surface area is 152 Å². The number of aliphatic hydroxyl groups is 1. The molecule has 0 fully saturated rings. The molecular weight excluding hydrogens is 352 g/mol. The Bertz CT molecular complexity index is 925. The van der Waals surface area contributed by atoms with Crippen molar-refractivity contribution < 1.29 is 18.3 Å². The summed E-state index contributed by atoms with van der Waals surface area (Å²) in [6.45, 7) is -0.126. The summed E-state index contributed by atoms with van der Waals surface area (Å²) in [5.41, 5.74) is 1.32. The van der Waals surface area contributed by atoms with Crippen molar-refractivity contribution in [1.29, 1.82) is 0 Å². The Balaban J connectivity index is 2.23. The highest BCUT2D eigenvalue weighted by Gasteiger charge is 2.45. The van der Waals surface area contributed by atoms with Crippen LogP contribution < -0.4 is 10.2 Å². The number of hydrogen-bond donors (Lipinski definition) is 2. The predicted octanol–water partition coefficient (Wildman–Crippen LogP) is 1.61. The van der Waals surface area contributed by atoms with E-state index in [1.807, 2.05) is 24.3 Å². The van der Waals surface area contributed by atoms with Gasteiger partial charge >= 0.3 is 0 Å². The van der Waals surface area contributed by atoms with Gasteiger partial charge in [0.1, 0.15) is 16.6 Å². The third-order valence-corrected chi connectivity index (χ3v) is 5.37. The highest BCUT2D eigenvalue weighted by Crippen LogP contribution is 2.42. The number of nitrogens with one attached hydrogen (secondary N) is 1. The zero-order valence-electron chi connectivity index (χ0n) is 14.3. The van der Waals surface area contributed by atoms with Crippen LogP contribution in [0, 0.1) is 0 Å². The van der Waals surface area contributed by atoms with Crippen LogP contribution in [0.25, 0.3) is 0 Å². The molecule has 1 aliphatic heterocycles. The van der Waals surface area contributed by atoms with Gasteiger partial charge in [0.05, 0.1) is 6.61 Å². The van der Waals surface area contributed by atoms with Gasteiger partial charge in [-0.05, 0) is 17.7 Å². The Morgan fingerprint density at radius 3 is 2.15 bits per heavy atom. The molecule has 0 aromatic heterocycles. The molecule has 1 atom stereocenters. The second-order valence-corrected chi connectivity index (χ2v) is 7.97. The molecule has 0 saturated carbocycles. The molecule has 1 amide bonds. The minimum atomic E-state index is -3.68. The van der Waals surface area contributed by atoms with Crippen LogP contribution in [0.1, 0.15) is 11.6 Å². The second kappa shape index (κ2) is 7.31. The Hall–Kier alpha value is -2.64. The fourth-order valence-electron chi connectivity index (χ4n) is 3.12. The molecule has 2 aromatic carbocycles. The number of anilines is 1. The molecule has 7 heteroatoms. The maximum Gasteiger partial charge on any atom is 0.276 e.